The topological polar surface area (TPSA) is 73.2 Å². The van der Waals surface area contributed by atoms with Crippen LogP contribution < -0.4 is 5.32 Å². The Kier molecular flexibility index (Phi) is 7.15. The number of amides is 1. The van der Waals surface area contributed by atoms with E-state index in [9.17, 15) is 9.59 Å². The van der Waals surface area contributed by atoms with Crippen molar-refractivity contribution in [3.8, 4) is 11.3 Å². The first kappa shape index (κ1) is 24.5. The minimum Gasteiger partial charge on any atom is -0.464 e. The number of nitrogens with zero attached hydrogens (tertiary/aromatic N) is 2. The second-order valence-corrected chi connectivity index (χ2v) is 11.3. The number of pyridine rings is 1. The molecule has 1 amide bonds. The van der Waals surface area contributed by atoms with Crippen molar-refractivity contribution >= 4 is 12.4 Å². The maximum absolute atomic E-state index is 13.3. The van der Waals surface area contributed by atoms with Gasteiger partial charge in [-0.3, -0.25) is 14.6 Å². The minimum atomic E-state index is -0.0778. The van der Waals surface area contributed by atoms with Crippen LogP contribution in [0.2, 0.25) is 0 Å². The number of hydrogen-bond acceptors (Lipinski definition) is 4. The Morgan fingerprint density at radius 2 is 1.85 bits per heavy atom. The standard InChI is InChI=1S/C28H39N3O3/c1-18-11-21(12-26(29-18)28(3,4)5)25-15-24(27(33)30-22-13-23(14-22)34-17-32)19(2)31(25)16-20-9-7-6-8-10-20/h11-12,15,17,20,22-23H,6-10,13-14,16H2,1-5H3,(H,30,33). The van der Waals surface area contributed by atoms with Gasteiger partial charge in [0.1, 0.15) is 6.10 Å². The molecule has 2 saturated carbocycles. The third-order valence-electron chi connectivity index (χ3n) is 7.47. The molecule has 0 saturated heterocycles. The van der Waals surface area contributed by atoms with E-state index in [4.69, 9.17) is 9.72 Å². The molecule has 0 radical (unpaired) electrons. The van der Waals surface area contributed by atoms with Crippen LogP contribution in [0.15, 0.2) is 18.2 Å². The third-order valence-corrected chi connectivity index (χ3v) is 7.47. The minimum absolute atomic E-state index is 0.0440. The Morgan fingerprint density at radius 1 is 1.15 bits per heavy atom. The molecule has 0 aliphatic heterocycles. The quantitative estimate of drug-likeness (QED) is 0.550. The molecule has 2 fully saturated rings. The van der Waals surface area contributed by atoms with Crippen LogP contribution in [0.5, 0.6) is 0 Å². The summed E-state index contributed by atoms with van der Waals surface area (Å²) >= 11 is 0. The van der Waals surface area contributed by atoms with Gasteiger partial charge in [0.2, 0.25) is 0 Å². The maximum atomic E-state index is 13.3. The molecular formula is C28H39N3O3. The summed E-state index contributed by atoms with van der Waals surface area (Å²) in [6, 6.07) is 6.44. The molecule has 0 aromatic carbocycles. The van der Waals surface area contributed by atoms with Crippen LogP contribution in [0.25, 0.3) is 11.3 Å². The zero-order chi connectivity index (χ0) is 24.5. The Hall–Kier alpha value is -2.63. The second kappa shape index (κ2) is 9.93. The number of carbonyl (C=O) groups is 2. The summed E-state index contributed by atoms with van der Waals surface area (Å²) < 4.78 is 7.36. The molecule has 1 N–H and O–H groups in total. The highest BCUT2D eigenvalue weighted by atomic mass is 16.5. The van der Waals surface area contributed by atoms with Crippen molar-refractivity contribution in [3.05, 3.63) is 40.8 Å². The first-order chi connectivity index (χ1) is 16.2. The molecule has 0 atom stereocenters. The Morgan fingerprint density at radius 3 is 2.50 bits per heavy atom. The van der Waals surface area contributed by atoms with E-state index in [1.54, 1.807) is 0 Å². The van der Waals surface area contributed by atoms with Crippen molar-refractivity contribution in [2.45, 2.75) is 104 Å². The van der Waals surface area contributed by atoms with Gasteiger partial charge in [-0.1, -0.05) is 40.0 Å². The monoisotopic (exact) mass is 465 g/mol. The molecule has 2 aliphatic rings. The van der Waals surface area contributed by atoms with Crippen LogP contribution in [0, 0.1) is 19.8 Å². The van der Waals surface area contributed by atoms with Crippen LogP contribution >= 0.6 is 0 Å². The van der Waals surface area contributed by atoms with E-state index in [1.165, 1.54) is 32.1 Å². The number of aromatic nitrogens is 2. The van der Waals surface area contributed by atoms with Crippen LogP contribution in [-0.4, -0.2) is 34.1 Å². The van der Waals surface area contributed by atoms with Crippen molar-refractivity contribution in [1.29, 1.82) is 0 Å². The van der Waals surface area contributed by atoms with Gasteiger partial charge in [0.15, 0.2) is 0 Å². The van der Waals surface area contributed by atoms with E-state index in [0.717, 1.165) is 40.4 Å². The fraction of sp³-hybridized carbons (Fsp3) is 0.607. The lowest BCUT2D eigenvalue weighted by molar-refractivity contribution is -0.138. The van der Waals surface area contributed by atoms with Gasteiger partial charge in [0.05, 0.1) is 5.56 Å². The molecule has 0 bridgehead atoms. The third kappa shape index (κ3) is 5.37. The highest BCUT2D eigenvalue weighted by molar-refractivity contribution is 5.97. The molecule has 184 valence electrons. The molecule has 2 heterocycles. The molecular weight excluding hydrogens is 426 g/mol. The van der Waals surface area contributed by atoms with Crippen molar-refractivity contribution in [2.75, 3.05) is 0 Å². The Labute approximate surface area is 203 Å². The highest BCUT2D eigenvalue weighted by Gasteiger charge is 2.33. The van der Waals surface area contributed by atoms with Gasteiger partial charge in [-0.2, -0.15) is 0 Å². The lowest BCUT2D eigenvalue weighted by atomic mass is 9.89. The average molecular weight is 466 g/mol. The number of rotatable bonds is 7. The predicted molar refractivity (Wildman–Crippen MR) is 134 cm³/mol. The lowest BCUT2D eigenvalue weighted by Gasteiger charge is -2.34. The van der Waals surface area contributed by atoms with Gasteiger partial charge in [-0.15, -0.1) is 0 Å². The van der Waals surface area contributed by atoms with Crippen molar-refractivity contribution in [3.63, 3.8) is 0 Å². The molecule has 2 aromatic heterocycles. The van der Waals surface area contributed by atoms with Crippen LogP contribution in [-0.2, 0) is 21.5 Å². The van der Waals surface area contributed by atoms with Crippen molar-refractivity contribution in [1.82, 2.24) is 14.9 Å². The molecule has 0 spiro atoms. The van der Waals surface area contributed by atoms with Gasteiger partial charge < -0.3 is 14.6 Å². The summed E-state index contributed by atoms with van der Waals surface area (Å²) in [7, 11) is 0. The molecule has 6 heteroatoms. The first-order valence-electron chi connectivity index (χ1n) is 12.8. The van der Waals surface area contributed by atoms with E-state index in [1.807, 2.05) is 6.92 Å². The highest BCUT2D eigenvalue weighted by Crippen LogP contribution is 2.34. The lowest BCUT2D eigenvalue weighted by Crippen LogP contribution is -2.47. The molecule has 34 heavy (non-hydrogen) atoms. The molecule has 6 nitrogen and oxygen atoms in total. The number of aryl methyl sites for hydroxylation is 1. The summed E-state index contributed by atoms with van der Waals surface area (Å²) in [4.78, 5) is 28.6. The molecule has 2 aromatic rings. The zero-order valence-corrected chi connectivity index (χ0v) is 21.3. The van der Waals surface area contributed by atoms with Crippen molar-refractivity contribution in [2.24, 2.45) is 5.92 Å². The van der Waals surface area contributed by atoms with E-state index in [-0.39, 0.29) is 23.5 Å². The predicted octanol–water partition coefficient (Wildman–Crippen LogP) is 5.48. The molecule has 0 unspecified atom stereocenters. The smallest absolute Gasteiger partial charge is 0.293 e. The fourth-order valence-electron chi connectivity index (χ4n) is 5.31. The summed E-state index contributed by atoms with van der Waals surface area (Å²) in [6.07, 6.45) is 7.70. The van der Waals surface area contributed by atoms with Gasteiger partial charge in [-0.05, 0) is 50.8 Å². The SMILES string of the molecule is Cc1cc(-c2cc(C(=O)NC3CC(OC=O)C3)c(C)n2CC2CCCCC2)cc(C(C)(C)C)n1. The number of nitrogens with one attached hydrogen (secondary N) is 1. The van der Waals surface area contributed by atoms with Gasteiger partial charge in [-0.25, -0.2) is 0 Å². The van der Waals surface area contributed by atoms with Crippen molar-refractivity contribution < 1.29 is 14.3 Å². The largest absolute Gasteiger partial charge is 0.464 e. The molecule has 4 rings (SSSR count). The number of hydrogen-bond donors (Lipinski definition) is 1. The Balaban J connectivity index is 1.66. The summed E-state index contributed by atoms with van der Waals surface area (Å²) in [5.41, 5.74) is 5.97. The molecule has 2 aliphatic carbocycles. The zero-order valence-electron chi connectivity index (χ0n) is 21.3. The van der Waals surface area contributed by atoms with Gasteiger partial charge in [0, 0.05) is 59.2 Å². The fourth-order valence-corrected chi connectivity index (χ4v) is 5.31. The van der Waals surface area contributed by atoms with Crippen LogP contribution in [0.4, 0.5) is 0 Å². The average Bonchev–Trinajstić information content (AvgIpc) is 3.08. The summed E-state index contributed by atoms with van der Waals surface area (Å²) in [5.74, 6) is 0.602. The Bertz CT molecular complexity index is 1040. The van der Waals surface area contributed by atoms with Crippen LogP contribution in [0.1, 0.15) is 93.2 Å². The van der Waals surface area contributed by atoms with Crippen LogP contribution in [0.3, 0.4) is 0 Å². The number of ether oxygens (including phenoxy) is 1. The van der Waals surface area contributed by atoms with E-state index in [2.05, 4.69) is 55.8 Å². The maximum Gasteiger partial charge on any atom is 0.293 e. The summed E-state index contributed by atoms with van der Waals surface area (Å²) in [6.45, 7) is 12.1. The summed E-state index contributed by atoms with van der Waals surface area (Å²) in [5, 5.41) is 3.14. The second-order valence-electron chi connectivity index (χ2n) is 11.3. The van der Waals surface area contributed by atoms with E-state index >= 15 is 0 Å². The number of carbonyl (C=O) groups excluding carboxylic acids is 2. The van der Waals surface area contributed by atoms with Gasteiger partial charge >= 0.3 is 0 Å². The normalized spacial score (nSPS) is 21.1. The van der Waals surface area contributed by atoms with E-state index < -0.39 is 0 Å². The first-order valence-corrected chi connectivity index (χ1v) is 12.8. The van der Waals surface area contributed by atoms with Gasteiger partial charge in [0.25, 0.3) is 12.4 Å². The van der Waals surface area contributed by atoms with E-state index in [0.29, 0.717) is 25.2 Å².